The topological polar surface area (TPSA) is 116 Å². The first kappa shape index (κ1) is 29.5. The molecule has 1 saturated heterocycles. The number of benzene rings is 1. The van der Waals surface area contributed by atoms with E-state index in [1.807, 2.05) is 13.0 Å². The van der Waals surface area contributed by atoms with Crippen LogP contribution < -0.4 is 25.8 Å². The Morgan fingerprint density at radius 1 is 1.14 bits per heavy atom. The van der Waals surface area contributed by atoms with Crippen molar-refractivity contribution in [3.05, 3.63) is 40.6 Å². The summed E-state index contributed by atoms with van der Waals surface area (Å²) in [5.41, 5.74) is 1.92. The van der Waals surface area contributed by atoms with Crippen molar-refractivity contribution in [1.82, 2.24) is 20.3 Å². The Morgan fingerprint density at radius 2 is 1.93 bits per heavy atom. The zero-order chi connectivity index (χ0) is 30.2. The van der Waals surface area contributed by atoms with Crippen LogP contribution in [0.15, 0.2) is 17.8 Å². The van der Waals surface area contributed by atoms with Crippen LogP contribution in [0.4, 0.5) is 33.5 Å². The number of hydrogen-bond donors (Lipinski definition) is 3. The van der Waals surface area contributed by atoms with Gasteiger partial charge in [0.05, 0.1) is 37.1 Å². The molecule has 0 bridgehead atoms. The number of allylic oxidation sites excluding steroid dienone is 1. The minimum absolute atomic E-state index is 0.0253. The molecule has 1 aromatic carbocycles. The van der Waals surface area contributed by atoms with Crippen molar-refractivity contribution >= 4 is 22.4 Å². The van der Waals surface area contributed by atoms with Crippen molar-refractivity contribution in [2.24, 2.45) is 5.92 Å². The molecule has 0 aliphatic carbocycles. The van der Waals surface area contributed by atoms with Gasteiger partial charge in [-0.15, -0.1) is 0 Å². The molecule has 0 spiro atoms. The van der Waals surface area contributed by atoms with Crippen LogP contribution in [0.25, 0.3) is 22.2 Å². The molecule has 0 unspecified atom stereocenters. The van der Waals surface area contributed by atoms with Gasteiger partial charge in [0.25, 0.3) is 0 Å². The van der Waals surface area contributed by atoms with E-state index < -0.39 is 52.0 Å². The highest BCUT2D eigenvalue weighted by atomic mass is 19.4. The maximum Gasteiger partial charge on any atom is 0.417 e. The summed E-state index contributed by atoms with van der Waals surface area (Å²) in [6.45, 7) is 6.59. The first-order chi connectivity index (χ1) is 20.0. The van der Waals surface area contributed by atoms with Crippen molar-refractivity contribution in [2.45, 2.75) is 45.9 Å². The molecule has 3 aromatic rings. The van der Waals surface area contributed by atoms with Crippen LogP contribution in [0.1, 0.15) is 37.8 Å². The van der Waals surface area contributed by atoms with Crippen molar-refractivity contribution in [1.29, 1.82) is 0 Å². The van der Waals surface area contributed by atoms with Crippen molar-refractivity contribution < 1.29 is 36.2 Å². The minimum atomic E-state index is -5.05. The molecule has 2 aromatic heterocycles. The van der Waals surface area contributed by atoms with Crippen LogP contribution in [0.5, 0.6) is 11.9 Å². The van der Waals surface area contributed by atoms with E-state index in [0.29, 0.717) is 26.2 Å². The van der Waals surface area contributed by atoms with Crippen LogP contribution in [0.2, 0.25) is 0 Å². The maximum atomic E-state index is 16.4. The number of nitrogens with one attached hydrogen (secondary N) is 2. The summed E-state index contributed by atoms with van der Waals surface area (Å²) in [6, 6.07) is 0.534. The summed E-state index contributed by atoms with van der Waals surface area (Å²) < 4.78 is 91.0. The summed E-state index contributed by atoms with van der Waals surface area (Å²) in [6.07, 6.45) is -2.41. The van der Waals surface area contributed by atoms with Gasteiger partial charge in [-0.2, -0.15) is 23.1 Å². The second kappa shape index (κ2) is 11.7. The molecule has 2 aliphatic heterocycles. The van der Waals surface area contributed by atoms with E-state index in [1.54, 1.807) is 6.92 Å². The average Bonchev–Trinajstić information content (AvgIpc) is 3.45. The number of rotatable bonds is 4. The molecule has 0 saturated carbocycles. The maximum absolute atomic E-state index is 16.4. The molecule has 14 heteroatoms. The number of nitrogens with two attached hydrogens (primary N) is 1. The Balaban J connectivity index is 1.77. The van der Waals surface area contributed by atoms with Gasteiger partial charge in [-0.3, -0.25) is 0 Å². The molecule has 2 aliphatic rings. The predicted molar refractivity (Wildman–Crippen MR) is 146 cm³/mol. The summed E-state index contributed by atoms with van der Waals surface area (Å²) in [5, 5.41) is 6.44. The first-order valence-corrected chi connectivity index (χ1v) is 13.5. The van der Waals surface area contributed by atoms with E-state index in [-0.39, 0.29) is 47.7 Å². The number of anilines is 2. The number of hydrogen-bond acceptors (Lipinski definition) is 9. The fourth-order valence-corrected chi connectivity index (χ4v) is 4.99. The highest BCUT2D eigenvalue weighted by Gasteiger charge is 2.39. The first-order valence-electron chi connectivity index (χ1n) is 13.5. The summed E-state index contributed by atoms with van der Waals surface area (Å²) in [7, 11) is 0. The Bertz CT molecular complexity index is 1520. The Kier molecular flexibility index (Phi) is 8.26. The summed E-state index contributed by atoms with van der Waals surface area (Å²) in [4.78, 5) is 13.0. The SMILES string of the molecule is C/C=C1/CNc2nc(OC[C@@H]3CCOC3)nc3c(F)c(-c4cc(N)c(F)c(C)c4C(F)(F)F)nc(c23)O[C@@H](C)CCN1. The van der Waals surface area contributed by atoms with Crippen molar-refractivity contribution in [3.8, 4) is 23.1 Å². The van der Waals surface area contributed by atoms with Crippen LogP contribution in [-0.2, 0) is 10.9 Å². The van der Waals surface area contributed by atoms with E-state index >= 15 is 4.39 Å². The highest BCUT2D eigenvalue weighted by Crippen LogP contribution is 2.44. The zero-order valence-corrected chi connectivity index (χ0v) is 23.3. The quantitative estimate of drug-likeness (QED) is 0.271. The molecule has 4 heterocycles. The van der Waals surface area contributed by atoms with Gasteiger partial charge >= 0.3 is 12.2 Å². The van der Waals surface area contributed by atoms with Gasteiger partial charge in [-0.25, -0.2) is 13.8 Å². The second-order valence-electron chi connectivity index (χ2n) is 10.3. The third kappa shape index (κ3) is 5.85. The van der Waals surface area contributed by atoms with Crippen LogP contribution in [-0.4, -0.2) is 54.0 Å². The van der Waals surface area contributed by atoms with Crippen molar-refractivity contribution in [3.63, 3.8) is 0 Å². The number of nitrogens with zero attached hydrogens (tertiary/aromatic N) is 3. The third-order valence-electron chi connectivity index (χ3n) is 7.28. The number of pyridine rings is 1. The average molecular weight is 595 g/mol. The van der Waals surface area contributed by atoms with E-state index in [2.05, 4.69) is 25.6 Å². The standard InChI is InChI=1S/C28H31F5N6O3/c1-4-16-10-36-25-19-24(38-27(39-25)41-12-15-6-8-40-11-15)22(30)23(37-26(19)42-13(2)5-7-35-16)17-9-18(34)21(29)14(3)20(17)28(31,32)33/h4,9,13,15,35H,5-8,10-12,34H2,1-3H3,(H,36,38,39)/b16-4-/t13-,15+/m0/s1. The largest absolute Gasteiger partial charge is 0.474 e. The fourth-order valence-electron chi connectivity index (χ4n) is 4.99. The van der Waals surface area contributed by atoms with Gasteiger partial charge in [0.2, 0.25) is 5.88 Å². The van der Waals surface area contributed by atoms with E-state index in [1.165, 1.54) is 0 Å². The molecule has 0 amide bonds. The van der Waals surface area contributed by atoms with Crippen LogP contribution >= 0.6 is 0 Å². The van der Waals surface area contributed by atoms with Gasteiger partial charge in [-0.05, 0) is 38.8 Å². The number of nitrogen functional groups attached to an aromatic ring is 1. The van der Waals surface area contributed by atoms with Gasteiger partial charge in [0.15, 0.2) is 5.82 Å². The highest BCUT2D eigenvalue weighted by molar-refractivity contribution is 5.96. The molecule has 1 fully saturated rings. The number of halogens is 5. The van der Waals surface area contributed by atoms with E-state index in [4.69, 9.17) is 19.9 Å². The second-order valence-corrected chi connectivity index (χ2v) is 10.3. The lowest BCUT2D eigenvalue weighted by atomic mass is 9.96. The third-order valence-corrected chi connectivity index (χ3v) is 7.28. The molecule has 42 heavy (non-hydrogen) atoms. The zero-order valence-electron chi connectivity index (χ0n) is 23.3. The summed E-state index contributed by atoms with van der Waals surface area (Å²) in [5.74, 6) is -2.44. The Morgan fingerprint density at radius 3 is 2.62 bits per heavy atom. The lowest BCUT2D eigenvalue weighted by Crippen LogP contribution is -2.24. The molecular formula is C28H31F5N6O3. The number of ether oxygens (including phenoxy) is 3. The molecular weight excluding hydrogens is 563 g/mol. The van der Waals surface area contributed by atoms with Crippen molar-refractivity contribution in [2.75, 3.05) is 44.0 Å². The monoisotopic (exact) mass is 594 g/mol. The van der Waals surface area contributed by atoms with Gasteiger partial charge in [0.1, 0.15) is 28.2 Å². The molecule has 226 valence electrons. The van der Waals surface area contributed by atoms with E-state index in [9.17, 15) is 17.6 Å². The van der Waals surface area contributed by atoms with Gasteiger partial charge < -0.3 is 30.6 Å². The summed E-state index contributed by atoms with van der Waals surface area (Å²) >= 11 is 0. The molecule has 0 radical (unpaired) electrons. The molecule has 5 rings (SSSR count). The Labute approximate surface area is 238 Å². The number of alkyl halides is 3. The molecule has 2 atom stereocenters. The fraction of sp³-hybridized carbons (Fsp3) is 0.464. The Hall–Kier alpha value is -3.94. The van der Waals surface area contributed by atoms with Crippen LogP contribution in [0, 0.1) is 24.5 Å². The minimum Gasteiger partial charge on any atom is -0.474 e. The lowest BCUT2D eigenvalue weighted by molar-refractivity contribution is -0.137. The van der Waals surface area contributed by atoms with Gasteiger partial charge in [0, 0.05) is 36.8 Å². The van der Waals surface area contributed by atoms with E-state index in [0.717, 1.165) is 25.1 Å². The smallest absolute Gasteiger partial charge is 0.417 e. The number of aromatic nitrogens is 3. The van der Waals surface area contributed by atoms with Crippen LogP contribution in [0.3, 0.4) is 0 Å². The molecule has 4 N–H and O–H groups in total. The molecule has 9 nitrogen and oxygen atoms in total. The normalized spacial score (nSPS) is 20.5. The predicted octanol–water partition coefficient (Wildman–Crippen LogP) is 5.37. The lowest BCUT2D eigenvalue weighted by Gasteiger charge is -2.21. The van der Waals surface area contributed by atoms with Gasteiger partial charge in [-0.1, -0.05) is 6.08 Å².